The number of hydrogen-bond donors (Lipinski definition) is 1. The van der Waals surface area contributed by atoms with Crippen molar-refractivity contribution in [1.82, 2.24) is 4.90 Å². The van der Waals surface area contributed by atoms with Crippen LogP contribution in [-0.2, 0) is 10.0 Å². The van der Waals surface area contributed by atoms with Gasteiger partial charge in [0, 0.05) is 18.0 Å². The third kappa shape index (κ3) is 4.05. The molecule has 0 bridgehead atoms. The Morgan fingerprint density at radius 1 is 1.43 bits per heavy atom. The van der Waals surface area contributed by atoms with Crippen molar-refractivity contribution in [2.45, 2.75) is 49.8 Å². The molecule has 5 nitrogen and oxygen atoms in total. The van der Waals surface area contributed by atoms with Crippen molar-refractivity contribution in [2.24, 2.45) is 11.1 Å². The molecule has 7 heteroatoms. The van der Waals surface area contributed by atoms with Gasteiger partial charge in [-0.3, -0.25) is 4.79 Å². The van der Waals surface area contributed by atoms with Gasteiger partial charge in [-0.05, 0) is 24.8 Å². The van der Waals surface area contributed by atoms with E-state index >= 15 is 0 Å². The predicted molar refractivity (Wildman–Crippen MR) is 83.8 cm³/mol. The van der Waals surface area contributed by atoms with Gasteiger partial charge in [-0.25, -0.2) is 13.6 Å². The van der Waals surface area contributed by atoms with Gasteiger partial charge < -0.3 is 4.90 Å². The van der Waals surface area contributed by atoms with Gasteiger partial charge >= 0.3 is 0 Å². The SMILES string of the molecule is CC(C)CN(C(=O)c1csc(S(N)(=O)=O)c1)C1CCCC1. The van der Waals surface area contributed by atoms with E-state index in [-0.39, 0.29) is 16.2 Å². The molecular formula is C14H22N2O3S2. The van der Waals surface area contributed by atoms with Crippen LogP contribution in [0.2, 0.25) is 0 Å². The second kappa shape index (κ2) is 6.46. The average molecular weight is 330 g/mol. The van der Waals surface area contributed by atoms with Crippen LogP contribution in [0.3, 0.4) is 0 Å². The molecule has 21 heavy (non-hydrogen) atoms. The largest absolute Gasteiger partial charge is 0.335 e. The molecule has 1 amide bonds. The fraction of sp³-hybridized carbons (Fsp3) is 0.643. The fourth-order valence-electron chi connectivity index (χ4n) is 2.75. The molecule has 1 aromatic rings. The monoisotopic (exact) mass is 330 g/mol. The van der Waals surface area contributed by atoms with Crippen molar-refractivity contribution in [2.75, 3.05) is 6.54 Å². The van der Waals surface area contributed by atoms with Crippen LogP contribution in [0.1, 0.15) is 49.9 Å². The number of nitrogens with two attached hydrogens (primary N) is 1. The topological polar surface area (TPSA) is 80.5 Å². The zero-order valence-corrected chi connectivity index (χ0v) is 14.0. The Morgan fingerprint density at radius 3 is 2.52 bits per heavy atom. The molecule has 2 rings (SSSR count). The number of nitrogens with zero attached hydrogens (tertiary/aromatic N) is 1. The molecule has 0 spiro atoms. The van der Waals surface area contributed by atoms with Crippen LogP contribution in [0.5, 0.6) is 0 Å². The minimum Gasteiger partial charge on any atom is -0.335 e. The van der Waals surface area contributed by atoms with Crippen molar-refractivity contribution in [3.05, 3.63) is 17.0 Å². The normalized spacial score (nSPS) is 16.6. The Labute approximate surface area is 130 Å². The molecule has 0 aromatic carbocycles. The summed E-state index contributed by atoms with van der Waals surface area (Å²) in [7, 11) is -3.74. The van der Waals surface area contributed by atoms with E-state index in [0.717, 1.165) is 37.0 Å². The number of carbonyl (C=O) groups is 1. The van der Waals surface area contributed by atoms with Crippen LogP contribution < -0.4 is 5.14 Å². The van der Waals surface area contributed by atoms with Gasteiger partial charge in [0.1, 0.15) is 4.21 Å². The lowest BCUT2D eigenvalue weighted by atomic mass is 10.1. The van der Waals surface area contributed by atoms with E-state index < -0.39 is 10.0 Å². The summed E-state index contributed by atoms with van der Waals surface area (Å²) in [5.74, 6) is 0.299. The molecule has 0 aliphatic heterocycles. The summed E-state index contributed by atoms with van der Waals surface area (Å²) in [6, 6.07) is 1.67. The van der Waals surface area contributed by atoms with Crippen LogP contribution in [-0.4, -0.2) is 31.8 Å². The first-order valence-electron chi connectivity index (χ1n) is 7.21. The van der Waals surface area contributed by atoms with Gasteiger partial charge in [-0.15, -0.1) is 11.3 Å². The molecule has 0 saturated heterocycles. The zero-order valence-electron chi connectivity index (χ0n) is 12.4. The first-order chi connectivity index (χ1) is 9.79. The maximum atomic E-state index is 12.7. The first kappa shape index (κ1) is 16.5. The van der Waals surface area contributed by atoms with E-state index in [0.29, 0.717) is 18.0 Å². The highest BCUT2D eigenvalue weighted by molar-refractivity contribution is 7.91. The third-order valence-electron chi connectivity index (χ3n) is 3.69. The summed E-state index contributed by atoms with van der Waals surface area (Å²) in [4.78, 5) is 14.6. The molecule has 0 radical (unpaired) electrons. The van der Waals surface area contributed by atoms with E-state index in [1.165, 1.54) is 6.07 Å². The highest BCUT2D eigenvalue weighted by atomic mass is 32.2. The number of primary sulfonamides is 1. The Kier molecular flexibility index (Phi) is 5.06. The average Bonchev–Trinajstić information content (AvgIpc) is 3.04. The van der Waals surface area contributed by atoms with Crippen LogP contribution in [0.25, 0.3) is 0 Å². The summed E-state index contributed by atoms with van der Waals surface area (Å²) >= 11 is 1.00. The maximum absolute atomic E-state index is 12.7. The van der Waals surface area contributed by atoms with Gasteiger partial charge in [0.25, 0.3) is 5.91 Å². The predicted octanol–water partition coefficient (Wildman–Crippen LogP) is 2.44. The van der Waals surface area contributed by atoms with E-state index in [4.69, 9.17) is 5.14 Å². The highest BCUT2D eigenvalue weighted by Gasteiger charge is 2.29. The van der Waals surface area contributed by atoms with Gasteiger partial charge in [-0.1, -0.05) is 26.7 Å². The van der Waals surface area contributed by atoms with E-state index in [9.17, 15) is 13.2 Å². The van der Waals surface area contributed by atoms with Gasteiger partial charge in [-0.2, -0.15) is 0 Å². The Bertz CT molecular complexity index is 601. The lowest BCUT2D eigenvalue weighted by Gasteiger charge is -2.30. The fourth-order valence-corrected chi connectivity index (χ4v) is 4.33. The van der Waals surface area contributed by atoms with Crippen molar-refractivity contribution >= 4 is 27.3 Å². The van der Waals surface area contributed by atoms with Crippen molar-refractivity contribution in [3.8, 4) is 0 Å². The smallest absolute Gasteiger partial charge is 0.255 e. The van der Waals surface area contributed by atoms with Crippen LogP contribution in [0.15, 0.2) is 15.7 Å². The molecule has 0 atom stereocenters. The number of thiophene rings is 1. The Hall–Kier alpha value is -0.920. The van der Waals surface area contributed by atoms with Crippen molar-refractivity contribution in [1.29, 1.82) is 0 Å². The van der Waals surface area contributed by atoms with E-state index in [2.05, 4.69) is 13.8 Å². The number of amides is 1. The highest BCUT2D eigenvalue weighted by Crippen LogP contribution is 2.27. The summed E-state index contributed by atoms with van der Waals surface area (Å²) in [5.41, 5.74) is 0.427. The lowest BCUT2D eigenvalue weighted by molar-refractivity contribution is 0.0656. The molecule has 0 unspecified atom stereocenters. The molecule has 1 fully saturated rings. The zero-order chi connectivity index (χ0) is 15.6. The van der Waals surface area contributed by atoms with Crippen LogP contribution in [0, 0.1) is 5.92 Å². The standard InChI is InChI=1S/C14H22N2O3S2/c1-10(2)8-16(12-5-3-4-6-12)14(17)11-7-13(20-9-11)21(15,18)19/h7,9-10,12H,3-6,8H2,1-2H3,(H2,15,18,19). The molecule has 2 N–H and O–H groups in total. The summed E-state index contributed by atoms with van der Waals surface area (Å²) < 4.78 is 22.7. The number of rotatable bonds is 5. The number of carbonyl (C=O) groups excluding carboxylic acids is 1. The van der Waals surface area contributed by atoms with Gasteiger partial charge in [0.15, 0.2) is 0 Å². The molecule has 118 valence electrons. The second-order valence-electron chi connectivity index (χ2n) is 5.99. The van der Waals surface area contributed by atoms with Crippen LogP contribution >= 0.6 is 11.3 Å². The van der Waals surface area contributed by atoms with Crippen molar-refractivity contribution in [3.63, 3.8) is 0 Å². The summed E-state index contributed by atoms with van der Waals surface area (Å²) in [5, 5.41) is 6.69. The van der Waals surface area contributed by atoms with Crippen molar-refractivity contribution < 1.29 is 13.2 Å². The second-order valence-corrected chi connectivity index (χ2v) is 8.69. The molecule has 1 aromatic heterocycles. The first-order valence-corrected chi connectivity index (χ1v) is 9.64. The molecule has 1 heterocycles. The Morgan fingerprint density at radius 2 is 2.05 bits per heavy atom. The molecular weight excluding hydrogens is 308 g/mol. The lowest BCUT2D eigenvalue weighted by Crippen LogP contribution is -2.41. The van der Waals surface area contributed by atoms with Gasteiger partial charge in [0.05, 0.1) is 5.56 Å². The molecule has 1 aliphatic rings. The molecule has 1 aliphatic carbocycles. The Balaban J connectivity index is 2.23. The minimum absolute atomic E-state index is 0.0433. The number of sulfonamides is 1. The minimum atomic E-state index is -3.74. The van der Waals surface area contributed by atoms with Gasteiger partial charge in [0.2, 0.25) is 10.0 Å². The van der Waals surface area contributed by atoms with Crippen LogP contribution in [0.4, 0.5) is 0 Å². The maximum Gasteiger partial charge on any atom is 0.255 e. The number of hydrogen-bond acceptors (Lipinski definition) is 4. The molecule has 1 saturated carbocycles. The quantitative estimate of drug-likeness (QED) is 0.900. The van der Waals surface area contributed by atoms with E-state index in [1.54, 1.807) is 5.38 Å². The van der Waals surface area contributed by atoms with E-state index in [1.807, 2.05) is 4.90 Å². The third-order valence-corrected chi connectivity index (χ3v) is 6.08. The summed E-state index contributed by atoms with van der Waals surface area (Å²) in [6.07, 6.45) is 4.37. The summed E-state index contributed by atoms with van der Waals surface area (Å²) in [6.45, 7) is 4.86.